The molecule has 27 heavy (non-hydrogen) atoms. The number of aromatic nitrogens is 1. The summed E-state index contributed by atoms with van der Waals surface area (Å²) in [5.41, 5.74) is 0. The number of thiazole rings is 1. The number of nitrogens with zero attached hydrogens (tertiary/aromatic N) is 3. The molecule has 0 aromatic carbocycles. The van der Waals surface area contributed by atoms with Crippen molar-refractivity contribution in [2.45, 2.75) is 58.8 Å². The van der Waals surface area contributed by atoms with Crippen molar-refractivity contribution >= 4 is 41.3 Å². The molecular formula is C19H33IN4O2S. The lowest BCUT2D eigenvalue weighted by atomic mass is 10.1. The third-order valence-corrected chi connectivity index (χ3v) is 5.68. The van der Waals surface area contributed by atoms with Crippen molar-refractivity contribution in [2.75, 3.05) is 32.8 Å². The van der Waals surface area contributed by atoms with Crippen LogP contribution in [-0.4, -0.2) is 60.9 Å². The van der Waals surface area contributed by atoms with Gasteiger partial charge in [-0.1, -0.05) is 13.8 Å². The molecule has 0 bridgehead atoms. The normalized spacial score (nSPS) is 23.6. The van der Waals surface area contributed by atoms with Crippen molar-refractivity contribution in [3.63, 3.8) is 0 Å². The molecule has 8 heteroatoms. The van der Waals surface area contributed by atoms with Crippen molar-refractivity contribution in [1.82, 2.24) is 15.2 Å². The first-order valence-electron chi connectivity index (χ1n) is 9.85. The Balaban J connectivity index is 0.00000261. The van der Waals surface area contributed by atoms with Gasteiger partial charge in [0.05, 0.1) is 24.3 Å². The van der Waals surface area contributed by atoms with E-state index in [1.54, 1.807) is 11.3 Å². The standard InChI is InChI=1S/C19H32N4O2S.HI/c1-4-20-19(22-12-15-11-21-18(26-15)10-14(2)3)23-7-9-25-17(13-23)16-6-5-8-24-16;/h11,14,16-17H,4-10,12-13H2,1-3H3,(H,20,22);1H. The Morgan fingerprint density at radius 2 is 2.19 bits per heavy atom. The largest absolute Gasteiger partial charge is 0.375 e. The van der Waals surface area contributed by atoms with Crippen LogP contribution in [0.4, 0.5) is 0 Å². The lowest BCUT2D eigenvalue weighted by Gasteiger charge is -2.37. The monoisotopic (exact) mass is 508 g/mol. The van der Waals surface area contributed by atoms with Crippen molar-refractivity contribution in [3.05, 3.63) is 16.1 Å². The predicted octanol–water partition coefficient (Wildman–Crippen LogP) is 3.30. The Hall–Kier alpha value is -0.450. The Bertz CT molecular complexity index is 590. The summed E-state index contributed by atoms with van der Waals surface area (Å²) in [6.07, 6.45) is 5.65. The highest BCUT2D eigenvalue weighted by Crippen LogP contribution is 2.21. The first-order chi connectivity index (χ1) is 12.7. The average molecular weight is 508 g/mol. The molecule has 2 atom stereocenters. The second-order valence-electron chi connectivity index (χ2n) is 7.40. The highest BCUT2D eigenvalue weighted by molar-refractivity contribution is 14.0. The lowest BCUT2D eigenvalue weighted by Crippen LogP contribution is -2.53. The quantitative estimate of drug-likeness (QED) is 0.363. The Morgan fingerprint density at radius 1 is 1.37 bits per heavy atom. The molecule has 0 saturated carbocycles. The van der Waals surface area contributed by atoms with E-state index in [0.29, 0.717) is 12.5 Å². The van der Waals surface area contributed by atoms with E-state index in [9.17, 15) is 0 Å². The fraction of sp³-hybridized carbons (Fsp3) is 0.789. The maximum Gasteiger partial charge on any atom is 0.194 e. The number of guanidine groups is 1. The molecule has 2 aliphatic rings. The van der Waals surface area contributed by atoms with Gasteiger partial charge in [0, 0.05) is 43.7 Å². The number of rotatable bonds is 6. The minimum absolute atomic E-state index is 0. The van der Waals surface area contributed by atoms with Crippen molar-refractivity contribution in [2.24, 2.45) is 10.9 Å². The van der Waals surface area contributed by atoms with Gasteiger partial charge in [0.25, 0.3) is 0 Å². The molecule has 3 rings (SSSR count). The SMILES string of the molecule is CCNC(=NCc1cnc(CC(C)C)s1)N1CCOC(C2CCCO2)C1.I. The summed E-state index contributed by atoms with van der Waals surface area (Å²) in [7, 11) is 0. The number of hydrogen-bond donors (Lipinski definition) is 1. The minimum Gasteiger partial charge on any atom is -0.375 e. The van der Waals surface area contributed by atoms with Crippen LogP contribution in [0.25, 0.3) is 0 Å². The van der Waals surface area contributed by atoms with Gasteiger partial charge in [0.2, 0.25) is 0 Å². The van der Waals surface area contributed by atoms with E-state index in [4.69, 9.17) is 14.5 Å². The van der Waals surface area contributed by atoms with Gasteiger partial charge < -0.3 is 19.7 Å². The highest BCUT2D eigenvalue weighted by Gasteiger charge is 2.32. The molecule has 6 nitrogen and oxygen atoms in total. The fourth-order valence-corrected chi connectivity index (χ4v) is 4.49. The molecule has 2 aliphatic heterocycles. The van der Waals surface area contributed by atoms with E-state index in [1.807, 2.05) is 6.20 Å². The molecule has 3 heterocycles. The van der Waals surface area contributed by atoms with Crippen LogP contribution in [0.5, 0.6) is 0 Å². The summed E-state index contributed by atoms with van der Waals surface area (Å²) in [4.78, 5) is 12.9. The number of ether oxygens (including phenoxy) is 2. The van der Waals surface area contributed by atoms with Crippen molar-refractivity contribution < 1.29 is 9.47 Å². The molecule has 0 radical (unpaired) electrons. The first-order valence-corrected chi connectivity index (χ1v) is 10.7. The van der Waals surface area contributed by atoms with Crippen molar-refractivity contribution in [3.8, 4) is 0 Å². The van der Waals surface area contributed by atoms with Crippen LogP contribution in [0.15, 0.2) is 11.2 Å². The van der Waals surface area contributed by atoms with Gasteiger partial charge in [-0.05, 0) is 25.7 Å². The Morgan fingerprint density at radius 3 is 2.89 bits per heavy atom. The smallest absolute Gasteiger partial charge is 0.194 e. The van der Waals surface area contributed by atoms with Gasteiger partial charge in [-0.3, -0.25) is 0 Å². The van der Waals surface area contributed by atoms with Crippen LogP contribution < -0.4 is 5.32 Å². The Kier molecular flexibility index (Phi) is 9.75. The number of morpholine rings is 1. The van der Waals surface area contributed by atoms with Crippen LogP contribution in [-0.2, 0) is 22.4 Å². The van der Waals surface area contributed by atoms with Gasteiger partial charge in [-0.2, -0.15) is 0 Å². The van der Waals surface area contributed by atoms with E-state index in [-0.39, 0.29) is 36.2 Å². The molecule has 0 aliphatic carbocycles. The molecule has 2 unspecified atom stereocenters. The molecule has 0 spiro atoms. The number of halogens is 1. The molecular weight excluding hydrogens is 475 g/mol. The maximum atomic E-state index is 5.97. The zero-order chi connectivity index (χ0) is 18.4. The van der Waals surface area contributed by atoms with Gasteiger partial charge in [-0.15, -0.1) is 35.3 Å². The van der Waals surface area contributed by atoms with Crippen LogP contribution in [0, 0.1) is 5.92 Å². The first kappa shape index (κ1) is 22.8. The lowest BCUT2D eigenvalue weighted by molar-refractivity contribution is -0.0817. The van der Waals surface area contributed by atoms with E-state index < -0.39 is 0 Å². The summed E-state index contributed by atoms with van der Waals surface area (Å²) in [6, 6.07) is 0. The zero-order valence-electron chi connectivity index (χ0n) is 16.6. The van der Waals surface area contributed by atoms with Crippen molar-refractivity contribution in [1.29, 1.82) is 0 Å². The fourth-order valence-electron chi connectivity index (χ4n) is 3.43. The number of nitrogens with one attached hydrogen (secondary N) is 1. The predicted molar refractivity (Wildman–Crippen MR) is 121 cm³/mol. The molecule has 154 valence electrons. The summed E-state index contributed by atoms with van der Waals surface area (Å²) < 4.78 is 11.8. The van der Waals surface area contributed by atoms with E-state index >= 15 is 0 Å². The van der Waals surface area contributed by atoms with Gasteiger partial charge >= 0.3 is 0 Å². The third-order valence-electron chi connectivity index (χ3n) is 4.68. The molecule has 0 amide bonds. The Labute approximate surface area is 184 Å². The second kappa shape index (κ2) is 11.5. The highest BCUT2D eigenvalue weighted by atomic mass is 127. The summed E-state index contributed by atoms with van der Waals surface area (Å²) in [6.45, 7) is 11.4. The molecule has 2 saturated heterocycles. The number of hydrogen-bond acceptors (Lipinski definition) is 5. The summed E-state index contributed by atoms with van der Waals surface area (Å²) in [5.74, 6) is 1.61. The maximum absolute atomic E-state index is 5.97. The zero-order valence-corrected chi connectivity index (χ0v) is 19.8. The van der Waals surface area contributed by atoms with Crippen LogP contribution >= 0.6 is 35.3 Å². The molecule has 1 aromatic rings. The topological polar surface area (TPSA) is 59.0 Å². The third kappa shape index (κ3) is 6.83. The summed E-state index contributed by atoms with van der Waals surface area (Å²) >= 11 is 1.78. The summed E-state index contributed by atoms with van der Waals surface area (Å²) in [5, 5.41) is 4.64. The van der Waals surface area contributed by atoms with Gasteiger partial charge in [0.15, 0.2) is 5.96 Å². The minimum atomic E-state index is 0. The van der Waals surface area contributed by atoms with Gasteiger partial charge in [-0.25, -0.2) is 9.98 Å². The van der Waals surface area contributed by atoms with Crippen LogP contribution in [0.1, 0.15) is 43.5 Å². The molecule has 1 aromatic heterocycles. The van der Waals surface area contributed by atoms with E-state index in [1.165, 1.54) is 9.88 Å². The van der Waals surface area contributed by atoms with Crippen LogP contribution in [0.2, 0.25) is 0 Å². The van der Waals surface area contributed by atoms with E-state index in [2.05, 4.69) is 36.0 Å². The van der Waals surface area contributed by atoms with Crippen LogP contribution in [0.3, 0.4) is 0 Å². The second-order valence-corrected chi connectivity index (χ2v) is 8.59. The number of aliphatic imine (C=N–C) groups is 1. The van der Waals surface area contributed by atoms with Gasteiger partial charge in [0.1, 0.15) is 6.10 Å². The molecule has 1 N–H and O–H groups in total. The molecule has 2 fully saturated rings. The average Bonchev–Trinajstić information content (AvgIpc) is 3.30. The van der Waals surface area contributed by atoms with E-state index in [0.717, 1.165) is 58.1 Å².